The van der Waals surface area contributed by atoms with E-state index in [2.05, 4.69) is 10.3 Å². The number of hydrogen-bond donors (Lipinski definition) is 2. The van der Waals surface area contributed by atoms with E-state index in [9.17, 15) is 4.79 Å². The molecule has 29 heavy (non-hydrogen) atoms. The van der Waals surface area contributed by atoms with Crippen molar-refractivity contribution in [1.29, 1.82) is 0 Å². The van der Waals surface area contributed by atoms with Crippen molar-refractivity contribution in [2.24, 2.45) is 10.9 Å². The van der Waals surface area contributed by atoms with Gasteiger partial charge < -0.3 is 14.6 Å². The Bertz CT molecular complexity index is 924. The molecule has 0 saturated carbocycles. The van der Waals surface area contributed by atoms with Crippen LogP contribution in [0, 0.1) is 11.7 Å². The molecular formula is C21H21FN2O4S. The molecule has 1 saturated heterocycles. The zero-order valence-corrected chi connectivity index (χ0v) is 16.5. The predicted octanol–water partition coefficient (Wildman–Crippen LogP) is 4.01. The highest BCUT2D eigenvalue weighted by Gasteiger charge is 2.47. The first-order valence-electron chi connectivity index (χ1n) is 9.34. The van der Waals surface area contributed by atoms with Gasteiger partial charge in [-0.15, -0.1) is 0 Å². The van der Waals surface area contributed by atoms with E-state index >= 15 is 4.39 Å². The van der Waals surface area contributed by atoms with Crippen molar-refractivity contribution in [2.75, 3.05) is 19.0 Å². The van der Waals surface area contributed by atoms with Crippen LogP contribution < -0.4 is 10.1 Å². The average Bonchev–Trinajstić information content (AvgIpc) is 2.72. The van der Waals surface area contributed by atoms with E-state index in [1.807, 2.05) is 30.3 Å². The number of hydrogen-bond acceptors (Lipinski definition) is 5. The summed E-state index contributed by atoms with van der Waals surface area (Å²) in [5.74, 6) is 0.703. The molecule has 2 aromatic rings. The Morgan fingerprint density at radius 2 is 2.17 bits per heavy atom. The van der Waals surface area contributed by atoms with Crippen LogP contribution in [0.15, 0.2) is 53.5 Å². The number of fused-ring (bicyclic) bond motifs is 1. The second kappa shape index (κ2) is 8.42. The number of rotatable bonds is 4. The number of aliphatic imine (C=N–C) groups is 1. The minimum atomic E-state index is -1.19. The molecule has 0 aliphatic carbocycles. The van der Waals surface area contributed by atoms with Gasteiger partial charge in [0.25, 0.3) is 0 Å². The van der Waals surface area contributed by atoms with Crippen molar-refractivity contribution in [3.05, 3.63) is 65.5 Å². The normalized spacial score (nSPS) is 23.6. The highest BCUT2D eigenvalue weighted by molar-refractivity contribution is 8.13. The predicted molar refractivity (Wildman–Crippen MR) is 109 cm³/mol. The van der Waals surface area contributed by atoms with Gasteiger partial charge in [-0.2, -0.15) is 0 Å². The molecule has 8 heteroatoms. The third-order valence-corrected chi connectivity index (χ3v) is 6.24. The Morgan fingerprint density at radius 3 is 2.93 bits per heavy atom. The Kier molecular flexibility index (Phi) is 5.73. The van der Waals surface area contributed by atoms with Crippen LogP contribution in [0.25, 0.3) is 0 Å². The number of nitrogens with one attached hydrogen (secondary N) is 1. The monoisotopic (exact) mass is 416 g/mol. The molecule has 2 aliphatic rings. The van der Waals surface area contributed by atoms with Crippen molar-refractivity contribution in [2.45, 2.75) is 18.6 Å². The molecule has 0 unspecified atom stereocenters. The fraction of sp³-hybridized carbons (Fsp3) is 0.333. The summed E-state index contributed by atoms with van der Waals surface area (Å²) >= 11 is 1.34. The number of amides is 1. The molecular weight excluding hydrogens is 395 g/mol. The standard InChI is InChI=1S/C21H21FN2O4S/c22-18-10-16(28-11-14-4-2-1-3-5-14)6-7-17(18)21-13-27-9-8-15(21)12-29-19(24-21)23-20(25)26/h1-7,10,15H,8-9,11-13H2,(H,23,24)(H,25,26)/t15-,21-/m1/s1. The summed E-state index contributed by atoms with van der Waals surface area (Å²) < 4.78 is 26.5. The molecule has 152 valence electrons. The fourth-order valence-electron chi connectivity index (χ4n) is 3.74. The summed E-state index contributed by atoms with van der Waals surface area (Å²) in [4.78, 5) is 15.7. The zero-order chi connectivity index (χ0) is 20.3. The SMILES string of the molecule is O=C(O)NC1=N[C@]2(c3ccc(OCc4ccccc4)cc3F)COCC[C@@H]2CS1. The van der Waals surface area contributed by atoms with Crippen molar-refractivity contribution in [3.63, 3.8) is 0 Å². The van der Waals surface area contributed by atoms with Crippen molar-refractivity contribution < 1.29 is 23.8 Å². The largest absolute Gasteiger partial charge is 0.489 e. The highest BCUT2D eigenvalue weighted by Crippen LogP contribution is 2.45. The van der Waals surface area contributed by atoms with E-state index in [1.165, 1.54) is 17.8 Å². The lowest BCUT2D eigenvalue weighted by atomic mass is 9.76. The smallest absolute Gasteiger partial charge is 0.410 e. The first kappa shape index (κ1) is 19.7. The van der Waals surface area contributed by atoms with Gasteiger partial charge in [0.15, 0.2) is 5.17 Å². The summed E-state index contributed by atoms with van der Waals surface area (Å²) in [7, 11) is 0. The Morgan fingerprint density at radius 1 is 1.34 bits per heavy atom. The minimum absolute atomic E-state index is 0.0613. The maximum absolute atomic E-state index is 15.2. The number of carboxylic acid groups (broad SMARTS) is 1. The molecule has 2 atom stereocenters. The molecule has 4 rings (SSSR count). The summed E-state index contributed by atoms with van der Waals surface area (Å²) in [6, 6.07) is 14.4. The lowest BCUT2D eigenvalue weighted by molar-refractivity contribution is 0.00286. The van der Waals surface area contributed by atoms with Gasteiger partial charge in [-0.3, -0.25) is 5.32 Å². The van der Waals surface area contributed by atoms with E-state index in [-0.39, 0.29) is 17.7 Å². The molecule has 6 nitrogen and oxygen atoms in total. The average molecular weight is 416 g/mol. The molecule has 2 aromatic carbocycles. The molecule has 1 amide bonds. The third-order valence-electron chi connectivity index (χ3n) is 5.20. The highest BCUT2D eigenvalue weighted by atomic mass is 32.2. The van der Waals surface area contributed by atoms with Crippen LogP contribution in [-0.2, 0) is 16.9 Å². The van der Waals surface area contributed by atoms with Crippen LogP contribution in [-0.4, -0.2) is 35.3 Å². The molecule has 2 aliphatic heterocycles. The number of carbonyl (C=O) groups is 1. The van der Waals surface area contributed by atoms with Gasteiger partial charge in [0.2, 0.25) is 0 Å². The fourth-order valence-corrected chi connectivity index (χ4v) is 4.93. The van der Waals surface area contributed by atoms with E-state index in [0.717, 1.165) is 12.0 Å². The molecule has 2 heterocycles. The van der Waals surface area contributed by atoms with Gasteiger partial charge >= 0.3 is 6.09 Å². The zero-order valence-electron chi connectivity index (χ0n) is 15.6. The number of benzene rings is 2. The number of nitrogens with zero attached hydrogens (tertiary/aromatic N) is 1. The molecule has 0 radical (unpaired) electrons. The first-order valence-corrected chi connectivity index (χ1v) is 10.3. The molecule has 0 aromatic heterocycles. The topological polar surface area (TPSA) is 80.2 Å². The molecule has 0 spiro atoms. The van der Waals surface area contributed by atoms with Gasteiger partial charge in [0.05, 0.1) is 6.61 Å². The molecule has 2 N–H and O–H groups in total. The summed E-state index contributed by atoms with van der Waals surface area (Å²) in [6.45, 7) is 1.15. The van der Waals surface area contributed by atoms with Crippen LogP contribution in [0.5, 0.6) is 5.75 Å². The second-order valence-electron chi connectivity index (χ2n) is 7.04. The number of thioether (sulfide) groups is 1. The van der Waals surface area contributed by atoms with Gasteiger partial charge in [-0.05, 0) is 24.1 Å². The molecule has 1 fully saturated rings. The van der Waals surface area contributed by atoms with Gasteiger partial charge in [0, 0.05) is 29.9 Å². The number of halogens is 1. The Balaban J connectivity index is 1.61. The first-order chi connectivity index (χ1) is 14.1. The summed E-state index contributed by atoms with van der Waals surface area (Å²) in [5, 5.41) is 11.6. The second-order valence-corrected chi connectivity index (χ2v) is 8.05. The van der Waals surface area contributed by atoms with Gasteiger partial charge in [-0.1, -0.05) is 42.1 Å². The Labute approximate surface area is 172 Å². The summed E-state index contributed by atoms with van der Waals surface area (Å²) in [6.07, 6.45) is -0.450. The Hall–Kier alpha value is -2.58. The van der Waals surface area contributed by atoms with E-state index in [0.29, 0.717) is 30.3 Å². The van der Waals surface area contributed by atoms with Crippen molar-refractivity contribution in [1.82, 2.24) is 5.32 Å². The lowest BCUT2D eigenvalue weighted by Crippen LogP contribution is -2.49. The van der Waals surface area contributed by atoms with Crippen LogP contribution >= 0.6 is 11.8 Å². The maximum atomic E-state index is 15.2. The quantitative estimate of drug-likeness (QED) is 0.787. The third kappa shape index (κ3) is 4.23. The molecule has 0 bridgehead atoms. The lowest BCUT2D eigenvalue weighted by Gasteiger charge is -2.44. The van der Waals surface area contributed by atoms with Gasteiger partial charge in [-0.25, -0.2) is 14.2 Å². The van der Waals surface area contributed by atoms with Crippen LogP contribution in [0.2, 0.25) is 0 Å². The van der Waals surface area contributed by atoms with Gasteiger partial charge in [0.1, 0.15) is 23.7 Å². The minimum Gasteiger partial charge on any atom is -0.489 e. The van der Waals surface area contributed by atoms with E-state index in [1.54, 1.807) is 12.1 Å². The van der Waals surface area contributed by atoms with E-state index < -0.39 is 17.4 Å². The van der Waals surface area contributed by atoms with Crippen molar-refractivity contribution in [3.8, 4) is 5.75 Å². The van der Waals surface area contributed by atoms with Crippen molar-refractivity contribution >= 4 is 23.0 Å². The van der Waals surface area contributed by atoms with Crippen LogP contribution in [0.1, 0.15) is 17.5 Å². The van der Waals surface area contributed by atoms with Crippen LogP contribution in [0.4, 0.5) is 9.18 Å². The number of amidine groups is 1. The van der Waals surface area contributed by atoms with E-state index in [4.69, 9.17) is 14.6 Å². The number of ether oxygens (including phenoxy) is 2. The van der Waals surface area contributed by atoms with Crippen LogP contribution in [0.3, 0.4) is 0 Å². The maximum Gasteiger partial charge on any atom is 0.410 e. The summed E-state index contributed by atoms with van der Waals surface area (Å²) in [5.41, 5.74) is 0.456.